The van der Waals surface area contributed by atoms with Crippen LogP contribution < -0.4 is 4.74 Å². The van der Waals surface area contributed by atoms with Crippen LogP contribution in [0.1, 0.15) is 30.9 Å². The van der Waals surface area contributed by atoms with Crippen LogP contribution in [0.4, 0.5) is 4.39 Å². The molecule has 23 heavy (non-hydrogen) atoms. The second-order valence-corrected chi connectivity index (χ2v) is 6.35. The number of fused-ring (bicyclic) bond motifs is 1. The maximum atomic E-state index is 14.3. The number of nitrogens with zero attached hydrogens (tertiary/aromatic N) is 2. The van der Waals surface area contributed by atoms with Crippen molar-refractivity contribution >= 4 is 5.91 Å². The molecule has 3 rings (SSSR count). The minimum Gasteiger partial charge on any atom is -0.491 e. The lowest BCUT2D eigenvalue weighted by atomic mass is 10.0. The number of carbonyl (C=O) groups excluding carboxylic acids is 1. The van der Waals surface area contributed by atoms with Gasteiger partial charge in [0.05, 0.1) is 36.2 Å². The Morgan fingerprint density at radius 2 is 2.30 bits per heavy atom. The Kier molecular flexibility index (Phi) is 3.99. The van der Waals surface area contributed by atoms with Crippen molar-refractivity contribution in [3.8, 4) is 11.8 Å². The molecule has 1 atom stereocenters. The lowest BCUT2D eigenvalue weighted by Crippen LogP contribution is -2.45. The van der Waals surface area contributed by atoms with E-state index in [2.05, 4.69) is 0 Å². The molecule has 1 unspecified atom stereocenters. The molecule has 0 aromatic heterocycles. The number of halogens is 1. The van der Waals surface area contributed by atoms with E-state index >= 15 is 0 Å². The number of benzene rings is 1. The molecule has 122 valence electrons. The molecule has 0 radical (unpaired) electrons. The smallest absolute Gasteiger partial charge is 0.231 e. The maximum absolute atomic E-state index is 14.3. The topological polar surface area (TPSA) is 62.6 Å². The fourth-order valence-corrected chi connectivity index (χ4v) is 3.01. The van der Waals surface area contributed by atoms with E-state index in [1.807, 2.05) is 13.0 Å². The van der Waals surface area contributed by atoms with Crippen LogP contribution >= 0.6 is 0 Å². The van der Waals surface area contributed by atoms with E-state index in [0.717, 1.165) is 12.8 Å². The monoisotopic (exact) mass is 318 g/mol. The summed E-state index contributed by atoms with van der Waals surface area (Å²) in [5, 5.41) is 8.95. The van der Waals surface area contributed by atoms with E-state index in [1.165, 1.54) is 12.1 Å². The minimum atomic E-state index is -0.512. The van der Waals surface area contributed by atoms with Gasteiger partial charge in [0.15, 0.2) is 0 Å². The Balaban J connectivity index is 1.92. The summed E-state index contributed by atoms with van der Waals surface area (Å²) in [5.41, 5.74) is 0.0815. The second kappa shape index (κ2) is 5.82. The van der Waals surface area contributed by atoms with Gasteiger partial charge >= 0.3 is 0 Å². The first-order valence-electron chi connectivity index (χ1n) is 7.66. The van der Waals surface area contributed by atoms with Crippen LogP contribution in [-0.4, -0.2) is 37.2 Å². The van der Waals surface area contributed by atoms with Crippen LogP contribution in [0, 0.1) is 22.6 Å². The molecule has 0 N–H and O–H groups in total. The van der Waals surface area contributed by atoms with Gasteiger partial charge in [-0.15, -0.1) is 0 Å². The predicted molar refractivity (Wildman–Crippen MR) is 80.2 cm³/mol. The van der Waals surface area contributed by atoms with Gasteiger partial charge in [-0.3, -0.25) is 4.79 Å². The zero-order valence-electron chi connectivity index (χ0n) is 13.3. The van der Waals surface area contributed by atoms with Crippen molar-refractivity contribution in [2.45, 2.75) is 32.4 Å². The maximum Gasteiger partial charge on any atom is 0.231 e. The number of amides is 1. The first kappa shape index (κ1) is 15.8. The van der Waals surface area contributed by atoms with E-state index in [-0.39, 0.29) is 30.7 Å². The molecule has 0 bridgehead atoms. The van der Waals surface area contributed by atoms with Crippen LogP contribution in [0.15, 0.2) is 12.1 Å². The van der Waals surface area contributed by atoms with Crippen molar-refractivity contribution < 1.29 is 18.7 Å². The third kappa shape index (κ3) is 2.77. The Morgan fingerprint density at radius 3 is 2.91 bits per heavy atom. The van der Waals surface area contributed by atoms with Gasteiger partial charge in [0.25, 0.3) is 0 Å². The van der Waals surface area contributed by atoms with E-state index in [9.17, 15) is 9.18 Å². The Bertz CT molecular complexity index is 679. The van der Waals surface area contributed by atoms with Crippen molar-refractivity contribution in [3.63, 3.8) is 0 Å². The van der Waals surface area contributed by atoms with Crippen molar-refractivity contribution in [3.05, 3.63) is 29.1 Å². The summed E-state index contributed by atoms with van der Waals surface area (Å²) in [4.78, 5) is 14.6. The van der Waals surface area contributed by atoms with Gasteiger partial charge in [-0.25, -0.2) is 4.39 Å². The second-order valence-electron chi connectivity index (χ2n) is 6.35. The highest BCUT2D eigenvalue weighted by Crippen LogP contribution is 2.48. The number of carbonyl (C=O) groups is 1. The van der Waals surface area contributed by atoms with Crippen LogP contribution in [0.25, 0.3) is 0 Å². The van der Waals surface area contributed by atoms with Crippen LogP contribution in [0.2, 0.25) is 0 Å². The predicted octanol–water partition coefficient (Wildman–Crippen LogP) is 2.23. The van der Waals surface area contributed by atoms with E-state index in [1.54, 1.807) is 12.0 Å². The van der Waals surface area contributed by atoms with Gasteiger partial charge in [0.1, 0.15) is 18.2 Å². The SMILES string of the molecule is COCC1(C(=O)N2Cc3c(F)cc(C#N)cc3OCC2C)CC1. The summed E-state index contributed by atoms with van der Waals surface area (Å²) in [6.45, 7) is 2.70. The summed E-state index contributed by atoms with van der Waals surface area (Å²) in [5.74, 6) is -0.171. The average Bonchev–Trinajstić information content (AvgIpc) is 3.33. The van der Waals surface area contributed by atoms with Crippen molar-refractivity contribution in [1.29, 1.82) is 5.26 Å². The Hall–Kier alpha value is -2.13. The Morgan fingerprint density at radius 1 is 1.57 bits per heavy atom. The summed E-state index contributed by atoms with van der Waals surface area (Å²) < 4.78 is 25.2. The van der Waals surface area contributed by atoms with Crippen molar-refractivity contribution in [2.75, 3.05) is 20.3 Å². The number of methoxy groups -OCH3 is 1. The highest BCUT2D eigenvalue weighted by Gasteiger charge is 2.52. The number of hydrogen-bond acceptors (Lipinski definition) is 4. The molecule has 5 nitrogen and oxygen atoms in total. The summed E-state index contributed by atoms with van der Waals surface area (Å²) in [6.07, 6.45) is 1.60. The fraction of sp³-hybridized carbons (Fsp3) is 0.529. The summed E-state index contributed by atoms with van der Waals surface area (Å²) in [6, 6.07) is 4.46. The lowest BCUT2D eigenvalue weighted by molar-refractivity contribution is -0.142. The molecule has 1 heterocycles. The van der Waals surface area contributed by atoms with Crippen LogP contribution in [0.3, 0.4) is 0 Å². The molecule has 1 saturated carbocycles. The number of hydrogen-bond donors (Lipinski definition) is 0. The number of ether oxygens (including phenoxy) is 2. The van der Waals surface area contributed by atoms with Gasteiger partial charge in [-0.1, -0.05) is 0 Å². The third-order valence-corrected chi connectivity index (χ3v) is 4.61. The highest BCUT2D eigenvalue weighted by molar-refractivity contribution is 5.86. The molecular weight excluding hydrogens is 299 g/mol. The quantitative estimate of drug-likeness (QED) is 0.857. The molecule has 6 heteroatoms. The molecule has 1 aromatic carbocycles. The van der Waals surface area contributed by atoms with E-state index < -0.39 is 11.2 Å². The van der Waals surface area contributed by atoms with Crippen LogP contribution in [-0.2, 0) is 16.1 Å². The first-order chi connectivity index (χ1) is 11.0. The van der Waals surface area contributed by atoms with Gasteiger partial charge < -0.3 is 14.4 Å². The van der Waals surface area contributed by atoms with Crippen molar-refractivity contribution in [1.82, 2.24) is 4.90 Å². The largest absolute Gasteiger partial charge is 0.491 e. The summed E-state index contributed by atoms with van der Waals surface area (Å²) in [7, 11) is 1.58. The lowest BCUT2D eigenvalue weighted by Gasteiger charge is -2.30. The molecule has 1 aliphatic carbocycles. The number of nitriles is 1. The molecule has 0 saturated heterocycles. The fourth-order valence-electron chi connectivity index (χ4n) is 3.01. The van der Waals surface area contributed by atoms with Gasteiger partial charge in [0.2, 0.25) is 5.91 Å². The zero-order valence-corrected chi connectivity index (χ0v) is 13.3. The van der Waals surface area contributed by atoms with Gasteiger partial charge in [-0.2, -0.15) is 5.26 Å². The Labute approximate surface area is 134 Å². The van der Waals surface area contributed by atoms with E-state index in [0.29, 0.717) is 17.9 Å². The molecule has 1 aromatic rings. The highest BCUT2D eigenvalue weighted by atomic mass is 19.1. The molecule has 1 aliphatic heterocycles. The van der Waals surface area contributed by atoms with E-state index in [4.69, 9.17) is 14.7 Å². The summed E-state index contributed by atoms with van der Waals surface area (Å²) >= 11 is 0. The molecule has 2 aliphatic rings. The zero-order chi connectivity index (χ0) is 16.6. The normalized spacial score (nSPS) is 21.7. The molecule has 1 fully saturated rings. The van der Waals surface area contributed by atoms with Gasteiger partial charge in [-0.05, 0) is 31.9 Å². The molecular formula is C17H19FN2O3. The van der Waals surface area contributed by atoms with Crippen molar-refractivity contribution in [2.24, 2.45) is 5.41 Å². The van der Waals surface area contributed by atoms with Crippen LogP contribution in [0.5, 0.6) is 5.75 Å². The minimum absolute atomic E-state index is 0.00735. The van der Waals surface area contributed by atoms with Gasteiger partial charge in [0, 0.05) is 12.7 Å². The average molecular weight is 318 g/mol. The standard InChI is InChI=1S/C17H19FN2O3/c1-11-9-23-15-6-12(7-19)5-14(18)13(15)8-20(11)16(21)17(3-4-17)10-22-2/h5-6,11H,3-4,8-10H2,1-2H3. The number of rotatable bonds is 3. The third-order valence-electron chi connectivity index (χ3n) is 4.61. The first-order valence-corrected chi connectivity index (χ1v) is 7.66. The molecule has 1 amide bonds. The molecule has 0 spiro atoms.